The third-order valence-electron chi connectivity index (χ3n) is 5.31. The molecule has 0 spiro atoms. The van der Waals surface area contributed by atoms with Crippen LogP contribution in [0, 0.1) is 5.82 Å². The van der Waals surface area contributed by atoms with E-state index in [1.54, 1.807) is 30.3 Å². The number of ether oxygens (including phenoxy) is 1. The number of hydrogen-bond donors (Lipinski definition) is 2. The van der Waals surface area contributed by atoms with Gasteiger partial charge in [-0.15, -0.1) is 0 Å². The molecule has 0 radical (unpaired) electrons. The summed E-state index contributed by atoms with van der Waals surface area (Å²) in [5.74, 6) is -1.28. The number of nitrogens with zero attached hydrogens (tertiary/aromatic N) is 1. The highest BCUT2D eigenvalue weighted by Gasteiger charge is 2.39. The largest absolute Gasteiger partial charge is 0.494 e. The van der Waals surface area contributed by atoms with Gasteiger partial charge in [0.05, 0.1) is 7.11 Å². The van der Waals surface area contributed by atoms with E-state index in [9.17, 15) is 18.8 Å². The number of hydrogen-bond acceptors (Lipinski definition) is 5. The lowest BCUT2D eigenvalue weighted by Crippen LogP contribution is -2.52. The second-order valence-electron chi connectivity index (χ2n) is 7.02. The predicted molar refractivity (Wildman–Crippen MR) is 114 cm³/mol. The molecular formula is C23H26FN3O4. The summed E-state index contributed by atoms with van der Waals surface area (Å²) in [6.07, 6.45) is 0.513. The maximum Gasteiger partial charge on any atom is 0.255 e. The van der Waals surface area contributed by atoms with Crippen molar-refractivity contribution >= 4 is 23.4 Å². The average Bonchev–Trinajstić information content (AvgIpc) is 3.11. The van der Waals surface area contributed by atoms with Gasteiger partial charge in [-0.2, -0.15) is 0 Å². The molecule has 2 aliphatic heterocycles. The molecule has 1 saturated heterocycles. The second-order valence-corrected chi connectivity index (χ2v) is 7.02. The van der Waals surface area contributed by atoms with Crippen molar-refractivity contribution in [3.05, 3.63) is 58.9 Å². The van der Waals surface area contributed by atoms with Crippen LogP contribution in [0.4, 0.5) is 10.1 Å². The summed E-state index contributed by atoms with van der Waals surface area (Å²) in [4.78, 5) is 37.9. The van der Waals surface area contributed by atoms with E-state index in [0.29, 0.717) is 23.2 Å². The van der Waals surface area contributed by atoms with Gasteiger partial charge in [-0.25, -0.2) is 4.39 Å². The van der Waals surface area contributed by atoms with E-state index in [4.69, 9.17) is 4.74 Å². The molecule has 0 aliphatic carbocycles. The molecule has 0 saturated carbocycles. The first kappa shape index (κ1) is 22.3. The van der Waals surface area contributed by atoms with E-state index in [2.05, 4.69) is 10.6 Å². The Kier molecular flexibility index (Phi) is 6.89. The summed E-state index contributed by atoms with van der Waals surface area (Å²) >= 11 is 0. The monoisotopic (exact) mass is 427 g/mol. The highest BCUT2D eigenvalue weighted by Crippen LogP contribution is 2.32. The molecule has 1 fully saturated rings. The second kappa shape index (κ2) is 9.59. The number of piperidine rings is 1. The van der Waals surface area contributed by atoms with Gasteiger partial charge in [0.1, 0.15) is 6.04 Å². The Hall–Kier alpha value is -3.42. The van der Waals surface area contributed by atoms with Gasteiger partial charge in [0, 0.05) is 41.9 Å². The molecule has 2 aromatic carbocycles. The van der Waals surface area contributed by atoms with E-state index in [0.717, 1.165) is 5.56 Å². The number of benzene rings is 2. The summed E-state index contributed by atoms with van der Waals surface area (Å²) in [6.45, 7) is 4.47. The van der Waals surface area contributed by atoms with Crippen molar-refractivity contribution in [1.29, 1.82) is 0 Å². The van der Waals surface area contributed by atoms with Gasteiger partial charge in [0.25, 0.3) is 5.91 Å². The van der Waals surface area contributed by atoms with Gasteiger partial charge in [0.2, 0.25) is 11.8 Å². The average molecular weight is 427 g/mol. The third-order valence-corrected chi connectivity index (χ3v) is 5.31. The molecule has 7 nitrogen and oxygen atoms in total. The quantitative estimate of drug-likeness (QED) is 0.716. The molecule has 164 valence electrons. The zero-order chi connectivity index (χ0) is 22.5. The Labute approximate surface area is 180 Å². The summed E-state index contributed by atoms with van der Waals surface area (Å²) < 4.78 is 19.4. The highest BCUT2D eigenvalue weighted by atomic mass is 19.1. The lowest BCUT2D eigenvalue weighted by molar-refractivity contribution is -0.136. The molecule has 2 N–H and O–H groups in total. The van der Waals surface area contributed by atoms with Crippen molar-refractivity contribution in [2.24, 2.45) is 0 Å². The van der Waals surface area contributed by atoms with Crippen molar-refractivity contribution in [3.63, 3.8) is 0 Å². The van der Waals surface area contributed by atoms with Crippen LogP contribution in [-0.4, -0.2) is 35.8 Å². The fraction of sp³-hybridized carbons (Fsp3) is 0.348. The molecule has 4 rings (SSSR count). The molecule has 0 bridgehead atoms. The van der Waals surface area contributed by atoms with Crippen molar-refractivity contribution in [2.75, 3.05) is 12.4 Å². The topological polar surface area (TPSA) is 87.7 Å². The molecule has 3 amide bonds. The number of fused-ring (bicyclic) bond motifs is 1. The van der Waals surface area contributed by atoms with Gasteiger partial charge in [-0.3, -0.25) is 19.7 Å². The van der Waals surface area contributed by atoms with Crippen LogP contribution in [0.15, 0.2) is 36.4 Å². The van der Waals surface area contributed by atoms with Crippen LogP contribution < -0.4 is 15.4 Å². The summed E-state index contributed by atoms with van der Waals surface area (Å²) in [7, 11) is 1.41. The number of methoxy groups -OCH3 is 1. The number of amides is 3. The fourth-order valence-corrected chi connectivity index (χ4v) is 3.79. The van der Waals surface area contributed by atoms with Crippen molar-refractivity contribution in [1.82, 2.24) is 10.2 Å². The van der Waals surface area contributed by atoms with Crippen LogP contribution in [0.25, 0.3) is 0 Å². The first-order valence-electron chi connectivity index (χ1n) is 10.3. The van der Waals surface area contributed by atoms with Crippen LogP contribution in [0.1, 0.15) is 48.2 Å². The standard InChI is InChI=1S/C21H20FN3O4.C2H6/c1-29-17-7-2-4-12(19(17)22)10-23-15-6-3-5-13-14(15)11-25(21(13)28)16-8-9-18(26)24-20(16)27;1-2/h2-7,16,23H,8-11H2,1H3,(H,24,26,27);1-2H3. The molecule has 8 heteroatoms. The number of carbonyl (C=O) groups is 3. The Balaban J connectivity index is 0.00000132. The lowest BCUT2D eigenvalue weighted by atomic mass is 10.0. The maximum absolute atomic E-state index is 14.4. The number of nitrogens with one attached hydrogen (secondary N) is 2. The van der Waals surface area contributed by atoms with E-state index in [1.807, 2.05) is 19.9 Å². The first-order chi connectivity index (χ1) is 15.0. The lowest BCUT2D eigenvalue weighted by Gasteiger charge is -2.29. The van der Waals surface area contributed by atoms with E-state index < -0.39 is 17.8 Å². The zero-order valence-electron chi connectivity index (χ0n) is 17.8. The maximum atomic E-state index is 14.4. The molecular weight excluding hydrogens is 401 g/mol. The Morgan fingerprint density at radius 1 is 1.16 bits per heavy atom. The molecule has 2 heterocycles. The van der Waals surface area contributed by atoms with Crippen LogP contribution >= 0.6 is 0 Å². The number of halogens is 1. The molecule has 2 aliphatic rings. The predicted octanol–water partition coefficient (Wildman–Crippen LogP) is 3.23. The van der Waals surface area contributed by atoms with E-state index in [-0.39, 0.29) is 37.1 Å². The Morgan fingerprint density at radius 2 is 1.90 bits per heavy atom. The fourth-order valence-electron chi connectivity index (χ4n) is 3.79. The van der Waals surface area contributed by atoms with Crippen molar-refractivity contribution < 1.29 is 23.5 Å². The SMILES string of the molecule is CC.COc1cccc(CNc2cccc3c2CN(C2CCC(=O)NC2=O)C3=O)c1F. The number of imide groups is 1. The summed E-state index contributed by atoms with van der Waals surface area (Å²) in [5, 5.41) is 5.48. The van der Waals surface area contributed by atoms with Crippen molar-refractivity contribution in [3.8, 4) is 5.75 Å². The zero-order valence-corrected chi connectivity index (χ0v) is 17.8. The van der Waals surface area contributed by atoms with E-state index in [1.165, 1.54) is 12.0 Å². The highest BCUT2D eigenvalue weighted by molar-refractivity contribution is 6.06. The summed E-state index contributed by atoms with van der Waals surface area (Å²) in [5.41, 5.74) is 2.40. The molecule has 0 aromatic heterocycles. The Bertz CT molecular complexity index is 1010. The number of anilines is 1. The van der Waals surface area contributed by atoms with Crippen LogP contribution in [0.3, 0.4) is 0 Å². The van der Waals surface area contributed by atoms with Crippen LogP contribution in [0.2, 0.25) is 0 Å². The minimum atomic E-state index is -0.670. The number of carbonyl (C=O) groups excluding carboxylic acids is 3. The Morgan fingerprint density at radius 3 is 2.61 bits per heavy atom. The van der Waals surface area contributed by atoms with Gasteiger partial charge in [-0.1, -0.05) is 32.0 Å². The van der Waals surface area contributed by atoms with Gasteiger partial charge in [-0.05, 0) is 24.6 Å². The van der Waals surface area contributed by atoms with Crippen molar-refractivity contribution in [2.45, 2.75) is 45.8 Å². The van der Waals surface area contributed by atoms with Gasteiger partial charge >= 0.3 is 0 Å². The molecule has 2 aromatic rings. The van der Waals surface area contributed by atoms with E-state index >= 15 is 0 Å². The van der Waals surface area contributed by atoms with Crippen LogP contribution in [-0.2, 0) is 22.7 Å². The molecule has 1 unspecified atom stereocenters. The first-order valence-corrected chi connectivity index (χ1v) is 10.3. The minimum absolute atomic E-state index is 0.168. The minimum Gasteiger partial charge on any atom is -0.494 e. The summed E-state index contributed by atoms with van der Waals surface area (Å²) in [6, 6.07) is 9.53. The molecule has 31 heavy (non-hydrogen) atoms. The van der Waals surface area contributed by atoms with Crippen LogP contribution in [0.5, 0.6) is 5.75 Å². The van der Waals surface area contributed by atoms with Gasteiger partial charge < -0.3 is 15.0 Å². The smallest absolute Gasteiger partial charge is 0.255 e. The number of rotatable bonds is 5. The third kappa shape index (κ3) is 4.38. The normalized spacial score (nSPS) is 17.5. The van der Waals surface area contributed by atoms with Gasteiger partial charge in [0.15, 0.2) is 11.6 Å². The molecule has 1 atom stereocenters.